The largest absolute Gasteiger partial charge is 0.303 e. The molecule has 0 amide bonds. The fourth-order valence-electron chi connectivity index (χ4n) is 2.78. The molecule has 1 aromatic carbocycles. The molecule has 1 fully saturated rings. The van der Waals surface area contributed by atoms with Crippen molar-refractivity contribution in [3.05, 3.63) is 30.1 Å². The summed E-state index contributed by atoms with van der Waals surface area (Å²) in [4.78, 5) is 3.77. The van der Waals surface area contributed by atoms with Crippen LogP contribution in [0.4, 0.5) is 4.39 Å². The van der Waals surface area contributed by atoms with Crippen molar-refractivity contribution in [2.75, 3.05) is 19.6 Å². The van der Waals surface area contributed by atoms with Gasteiger partial charge in [-0.15, -0.1) is 11.8 Å². The molecule has 0 atom stereocenters. The van der Waals surface area contributed by atoms with Gasteiger partial charge in [-0.3, -0.25) is 0 Å². The monoisotopic (exact) mass is 281 g/mol. The summed E-state index contributed by atoms with van der Waals surface area (Å²) in [5, 5.41) is 0. The summed E-state index contributed by atoms with van der Waals surface area (Å²) in [6, 6.07) is 6.96. The third kappa shape index (κ3) is 3.96. The van der Waals surface area contributed by atoms with Crippen molar-refractivity contribution in [2.24, 2.45) is 0 Å². The predicted molar refractivity (Wildman–Crippen MR) is 81.2 cm³/mol. The van der Waals surface area contributed by atoms with Gasteiger partial charge in [0.05, 0.1) is 0 Å². The smallest absolute Gasteiger partial charge is 0.123 e. The molecular formula is C16H24FNS. The van der Waals surface area contributed by atoms with Crippen LogP contribution >= 0.6 is 11.8 Å². The first-order chi connectivity index (χ1) is 9.17. The average Bonchev–Trinajstić information content (AvgIpc) is 2.44. The minimum Gasteiger partial charge on any atom is -0.303 e. The first-order valence-corrected chi connectivity index (χ1v) is 8.16. The van der Waals surface area contributed by atoms with Crippen LogP contribution in [0.3, 0.4) is 0 Å². The van der Waals surface area contributed by atoms with Crippen LogP contribution in [-0.2, 0) is 0 Å². The Balaban J connectivity index is 1.98. The molecule has 0 unspecified atom stereocenters. The van der Waals surface area contributed by atoms with E-state index >= 15 is 0 Å². The Hall–Kier alpha value is -0.540. The van der Waals surface area contributed by atoms with E-state index in [0.717, 1.165) is 0 Å². The van der Waals surface area contributed by atoms with E-state index in [-0.39, 0.29) is 5.82 Å². The molecule has 1 nitrogen and oxygen atoms in total. The molecule has 0 saturated carbocycles. The Kier molecular flexibility index (Phi) is 5.28. The number of nitrogens with zero attached hydrogens (tertiary/aromatic N) is 1. The number of hydrogen-bond acceptors (Lipinski definition) is 2. The molecule has 1 aromatic rings. The molecule has 106 valence electrons. The Morgan fingerprint density at radius 3 is 2.32 bits per heavy atom. The first kappa shape index (κ1) is 14.9. The molecule has 0 N–H and O–H groups in total. The highest BCUT2D eigenvalue weighted by atomic mass is 32.2. The lowest BCUT2D eigenvalue weighted by molar-refractivity contribution is 0.198. The van der Waals surface area contributed by atoms with Crippen LogP contribution in [-0.4, -0.2) is 29.3 Å². The fourth-order valence-corrected chi connectivity index (χ4v) is 4.08. The summed E-state index contributed by atoms with van der Waals surface area (Å²) in [5.41, 5.74) is 0. The number of thioether (sulfide) groups is 1. The van der Waals surface area contributed by atoms with Crippen molar-refractivity contribution in [3.63, 3.8) is 0 Å². The normalized spacial score (nSPS) is 19.5. The van der Waals surface area contributed by atoms with Crippen molar-refractivity contribution in [3.8, 4) is 0 Å². The van der Waals surface area contributed by atoms with E-state index in [0.29, 0.717) is 4.75 Å². The number of piperidine rings is 1. The fraction of sp³-hybridized carbons (Fsp3) is 0.625. The summed E-state index contributed by atoms with van der Waals surface area (Å²) in [6.07, 6.45) is 4.91. The van der Waals surface area contributed by atoms with Crippen LogP contribution in [0, 0.1) is 5.82 Å². The Morgan fingerprint density at radius 2 is 1.79 bits per heavy atom. The van der Waals surface area contributed by atoms with Gasteiger partial charge in [-0.1, -0.05) is 13.8 Å². The van der Waals surface area contributed by atoms with Gasteiger partial charge in [0.25, 0.3) is 0 Å². The van der Waals surface area contributed by atoms with Crippen LogP contribution in [0.15, 0.2) is 29.2 Å². The van der Waals surface area contributed by atoms with E-state index in [2.05, 4.69) is 18.7 Å². The predicted octanol–water partition coefficient (Wildman–Crippen LogP) is 4.57. The molecule has 0 radical (unpaired) electrons. The molecule has 1 heterocycles. The number of hydrogen-bond donors (Lipinski definition) is 0. The molecule has 1 aliphatic heterocycles. The maximum absolute atomic E-state index is 13.0. The van der Waals surface area contributed by atoms with Crippen LogP contribution in [0.25, 0.3) is 0 Å². The lowest BCUT2D eigenvalue weighted by Gasteiger charge is -2.41. The van der Waals surface area contributed by atoms with Crippen molar-refractivity contribution >= 4 is 11.8 Å². The Labute approximate surface area is 120 Å². The molecule has 0 aromatic heterocycles. The maximum Gasteiger partial charge on any atom is 0.123 e. The van der Waals surface area contributed by atoms with E-state index < -0.39 is 0 Å². The molecular weight excluding hydrogens is 257 g/mol. The zero-order valence-electron chi connectivity index (χ0n) is 12.0. The van der Waals surface area contributed by atoms with Gasteiger partial charge >= 0.3 is 0 Å². The average molecular weight is 281 g/mol. The molecule has 0 spiro atoms. The SMILES string of the molecule is CCCN1CCC(CC)(Sc2ccc(F)cc2)CC1. The molecule has 1 aliphatic rings. The summed E-state index contributed by atoms with van der Waals surface area (Å²) >= 11 is 1.95. The van der Waals surface area contributed by atoms with Gasteiger partial charge in [0.2, 0.25) is 0 Å². The number of likely N-dealkylation sites (tertiary alicyclic amines) is 1. The van der Waals surface area contributed by atoms with E-state index in [1.165, 1.54) is 50.2 Å². The van der Waals surface area contributed by atoms with Crippen molar-refractivity contribution in [1.29, 1.82) is 0 Å². The van der Waals surface area contributed by atoms with Crippen molar-refractivity contribution in [2.45, 2.75) is 49.2 Å². The van der Waals surface area contributed by atoms with Gasteiger partial charge in [-0.05, 0) is 69.6 Å². The lowest BCUT2D eigenvalue weighted by atomic mass is 9.93. The van der Waals surface area contributed by atoms with Crippen LogP contribution in [0.2, 0.25) is 0 Å². The van der Waals surface area contributed by atoms with Crippen molar-refractivity contribution in [1.82, 2.24) is 4.90 Å². The molecule has 2 rings (SSSR count). The highest BCUT2D eigenvalue weighted by Gasteiger charge is 2.33. The summed E-state index contributed by atoms with van der Waals surface area (Å²) in [7, 11) is 0. The summed E-state index contributed by atoms with van der Waals surface area (Å²) in [5.74, 6) is -0.146. The van der Waals surface area contributed by atoms with Crippen LogP contribution in [0.1, 0.15) is 39.5 Å². The van der Waals surface area contributed by atoms with Gasteiger partial charge in [0.15, 0.2) is 0 Å². The minimum atomic E-state index is -0.146. The first-order valence-electron chi connectivity index (χ1n) is 7.34. The summed E-state index contributed by atoms with van der Waals surface area (Å²) < 4.78 is 13.3. The number of halogens is 1. The number of rotatable bonds is 5. The highest BCUT2D eigenvalue weighted by molar-refractivity contribution is 8.00. The Morgan fingerprint density at radius 1 is 1.16 bits per heavy atom. The van der Waals surface area contributed by atoms with E-state index in [1.54, 1.807) is 12.1 Å². The standard InChI is InChI=1S/C16H24FNS/c1-3-11-18-12-9-16(4-2,10-13-18)19-15-7-5-14(17)6-8-15/h5-8H,3-4,9-13H2,1-2H3. The quantitative estimate of drug-likeness (QED) is 0.777. The molecule has 19 heavy (non-hydrogen) atoms. The van der Waals surface area contributed by atoms with E-state index in [9.17, 15) is 4.39 Å². The second-order valence-electron chi connectivity index (χ2n) is 5.43. The Bertz CT molecular complexity index is 382. The molecule has 3 heteroatoms. The topological polar surface area (TPSA) is 3.24 Å². The van der Waals surface area contributed by atoms with Gasteiger partial charge < -0.3 is 4.90 Å². The third-order valence-electron chi connectivity index (χ3n) is 4.10. The van der Waals surface area contributed by atoms with Gasteiger partial charge in [-0.2, -0.15) is 0 Å². The maximum atomic E-state index is 13.0. The van der Waals surface area contributed by atoms with E-state index in [4.69, 9.17) is 0 Å². The lowest BCUT2D eigenvalue weighted by Crippen LogP contribution is -2.42. The van der Waals surface area contributed by atoms with E-state index in [1.807, 2.05) is 23.9 Å². The van der Waals surface area contributed by atoms with Crippen molar-refractivity contribution < 1.29 is 4.39 Å². The second-order valence-corrected chi connectivity index (χ2v) is 6.98. The van der Waals surface area contributed by atoms with Crippen LogP contribution in [0.5, 0.6) is 0 Å². The zero-order chi connectivity index (χ0) is 13.7. The minimum absolute atomic E-state index is 0.146. The highest BCUT2D eigenvalue weighted by Crippen LogP contribution is 2.43. The van der Waals surface area contributed by atoms with Gasteiger partial charge in [0, 0.05) is 9.64 Å². The molecule has 1 saturated heterocycles. The third-order valence-corrected chi connectivity index (χ3v) is 5.74. The number of benzene rings is 1. The zero-order valence-corrected chi connectivity index (χ0v) is 12.8. The van der Waals surface area contributed by atoms with Crippen LogP contribution < -0.4 is 0 Å². The molecule has 0 aliphatic carbocycles. The second kappa shape index (κ2) is 6.76. The van der Waals surface area contributed by atoms with Gasteiger partial charge in [0.1, 0.15) is 5.82 Å². The van der Waals surface area contributed by atoms with Gasteiger partial charge in [-0.25, -0.2) is 4.39 Å². The summed E-state index contributed by atoms with van der Waals surface area (Å²) in [6.45, 7) is 8.16. The molecule has 0 bridgehead atoms.